The Morgan fingerprint density at radius 2 is 2.00 bits per heavy atom. The van der Waals surface area contributed by atoms with E-state index < -0.39 is 0 Å². The molecule has 1 aromatic rings. The van der Waals surface area contributed by atoms with Crippen LogP contribution in [0.3, 0.4) is 0 Å². The fourth-order valence-corrected chi connectivity index (χ4v) is 4.16. The number of hydrogen-bond acceptors (Lipinski definition) is 3. The molecule has 1 fully saturated rings. The number of aliphatic imine (C=N–C) groups is 1. The van der Waals surface area contributed by atoms with Crippen molar-refractivity contribution in [2.45, 2.75) is 51.9 Å². The highest BCUT2D eigenvalue weighted by Crippen LogP contribution is 2.31. The molecule has 3 N–H and O–H groups in total. The Labute approximate surface area is 175 Å². The van der Waals surface area contributed by atoms with Gasteiger partial charge in [0, 0.05) is 31.1 Å². The largest absolute Gasteiger partial charge is 0.357 e. The van der Waals surface area contributed by atoms with Crippen LogP contribution in [0.5, 0.6) is 0 Å². The summed E-state index contributed by atoms with van der Waals surface area (Å²) in [5.74, 6) is 1.96. The average molecular weight is 400 g/mol. The van der Waals surface area contributed by atoms with E-state index in [1.807, 2.05) is 18.2 Å². The molecule has 6 nitrogen and oxygen atoms in total. The van der Waals surface area contributed by atoms with Gasteiger partial charge in [0.2, 0.25) is 5.91 Å². The molecule has 6 heteroatoms. The minimum atomic E-state index is 0.0777. The molecule has 0 spiro atoms. The molecule has 0 bridgehead atoms. The third kappa shape index (κ3) is 6.74. The molecular formula is C23H37N5O. The van der Waals surface area contributed by atoms with Crippen molar-refractivity contribution in [3.8, 4) is 0 Å². The van der Waals surface area contributed by atoms with Crippen LogP contribution in [0.4, 0.5) is 5.69 Å². The van der Waals surface area contributed by atoms with Gasteiger partial charge < -0.3 is 20.9 Å². The first-order chi connectivity index (χ1) is 14.2. The maximum Gasteiger partial charge on any atom is 0.225 e. The first-order valence-electron chi connectivity index (χ1n) is 11.3. The SMILES string of the molecule is CCNC(=NCC1CC(=O)Nc2ccccc21)NCCCCN1CCC(C)CC1. The molecule has 2 heterocycles. The molecule has 2 aliphatic rings. The molecule has 160 valence electrons. The molecule has 1 unspecified atom stereocenters. The number of guanidine groups is 1. The molecule has 3 rings (SSSR count). The quantitative estimate of drug-likeness (QED) is 0.357. The molecule has 1 saturated heterocycles. The maximum atomic E-state index is 12.0. The number of carbonyl (C=O) groups excluding carboxylic acids is 1. The van der Waals surface area contributed by atoms with Gasteiger partial charge in [0.1, 0.15) is 0 Å². The monoisotopic (exact) mass is 399 g/mol. The van der Waals surface area contributed by atoms with Crippen molar-refractivity contribution in [2.75, 3.05) is 44.6 Å². The zero-order valence-electron chi connectivity index (χ0n) is 18.0. The number of amides is 1. The van der Waals surface area contributed by atoms with E-state index in [9.17, 15) is 4.79 Å². The summed E-state index contributed by atoms with van der Waals surface area (Å²) in [7, 11) is 0. The van der Waals surface area contributed by atoms with E-state index in [0.717, 1.165) is 37.1 Å². The number of unbranched alkanes of at least 4 members (excludes halogenated alkanes) is 1. The lowest BCUT2D eigenvalue weighted by molar-refractivity contribution is -0.116. The summed E-state index contributed by atoms with van der Waals surface area (Å²) in [5.41, 5.74) is 2.11. The smallest absolute Gasteiger partial charge is 0.225 e. The van der Waals surface area contributed by atoms with Crippen LogP contribution in [-0.4, -0.2) is 56.0 Å². The second-order valence-corrected chi connectivity index (χ2v) is 8.41. The average Bonchev–Trinajstić information content (AvgIpc) is 2.72. The Kier molecular flexibility index (Phi) is 8.35. The van der Waals surface area contributed by atoms with Crippen molar-refractivity contribution in [1.29, 1.82) is 0 Å². The molecule has 0 aromatic heterocycles. The number of hydrogen-bond donors (Lipinski definition) is 3. The summed E-state index contributed by atoms with van der Waals surface area (Å²) in [6.07, 6.45) is 5.55. The number of benzene rings is 1. The minimum absolute atomic E-state index is 0.0777. The Morgan fingerprint density at radius 3 is 2.79 bits per heavy atom. The van der Waals surface area contributed by atoms with Crippen LogP contribution in [0.25, 0.3) is 0 Å². The Balaban J connectivity index is 1.43. The third-order valence-corrected chi connectivity index (χ3v) is 5.99. The van der Waals surface area contributed by atoms with Gasteiger partial charge in [0.25, 0.3) is 0 Å². The number of rotatable bonds is 8. The predicted octanol–water partition coefficient (Wildman–Crippen LogP) is 3.18. The number of nitrogens with zero attached hydrogens (tertiary/aromatic N) is 2. The molecule has 1 amide bonds. The zero-order chi connectivity index (χ0) is 20.5. The lowest BCUT2D eigenvalue weighted by atomic mass is 9.91. The van der Waals surface area contributed by atoms with Crippen LogP contribution in [-0.2, 0) is 4.79 Å². The van der Waals surface area contributed by atoms with E-state index in [2.05, 4.69) is 40.8 Å². The highest BCUT2D eigenvalue weighted by molar-refractivity contribution is 5.94. The number of nitrogens with one attached hydrogen (secondary N) is 3. The molecule has 1 atom stereocenters. The van der Waals surface area contributed by atoms with Gasteiger partial charge in [-0.15, -0.1) is 0 Å². The third-order valence-electron chi connectivity index (χ3n) is 5.99. The zero-order valence-corrected chi connectivity index (χ0v) is 18.0. The van der Waals surface area contributed by atoms with Gasteiger partial charge in [0.15, 0.2) is 5.96 Å². The summed E-state index contributed by atoms with van der Waals surface area (Å²) in [4.78, 5) is 19.4. The Hall–Kier alpha value is -2.08. The molecule has 2 aliphatic heterocycles. The van der Waals surface area contributed by atoms with E-state index in [1.54, 1.807) is 0 Å². The van der Waals surface area contributed by atoms with Gasteiger partial charge in [-0.1, -0.05) is 25.1 Å². The van der Waals surface area contributed by atoms with Gasteiger partial charge in [-0.05, 0) is 69.8 Å². The Morgan fingerprint density at radius 1 is 1.21 bits per heavy atom. The maximum absolute atomic E-state index is 12.0. The van der Waals surface area contributed by atoms with Crippen LogP contribution in [0, 0.1) is 5.92 Å². The van der Waals surface area contributed by atoms with E-state index in [1.165, 1.54) is 44.5 Å². The van der Waals surface area contributed by atoms with Crippen molar-refractivity contribution < 1.29 is 4.79 Å². The van der Waals surface area contributed by atoms with Crippen molar-refractivity contribution in [3.05, 3.63) is 29.8 Å². The van der Waals surface area contributed by atoms with Crippen molar-refractivity contribution >= 4 is 17.6 Å². The van der Waals surface area contributed by atoms with E-state index in [-0.39, 0.29) is 11.8 Å². The van der Waals surface area contributed by atoms with Crippen LogP contribution in [0.1, 0.15) is 57.4 Å². The number of anilines is 1. The number of fused-ring (bicyclic) bond motifs is 1. The van der Waals surface area contributed by atoms with Crippen molar-refractivity contribution in [2.24, 2.45) is 10.9 Å². The fraction of sp³-hybridized carbons (Fsp3) is 0.652. The summed E-state index contributed by atoms with van der Waals surface area (Å²) >= 11 is 0. The first-order valence-corrected chi connectivity index (χ1v) is 11.3. The molecule has 0 saturated carbocycles. The van der Waals surface area contributed by atoms with Crippen molar-refractivity contribution in [1.82, 2.24) is 15.5 Å². The van der Waals surface area contributed by atoms with Gasteiger partial charge >= 0.3 is 0 Å². The van der Waals surface area contributed by atoms with Crippen LogP contribution in [0.15, 0.2) is 29.3 Å². The second-order valence-electron chi connectivity index (χ2n) is 8.41. The van der Waals surface area contributed by atoms with Gasteiger partial charge in [-0.25, -0.2) is 0 Å². The van der Waals surface area contributed by atoms with E-state index >= 15 is 0 Å². The summed E-state index contributed by atoms with van der Waals surface area (Å²) in [5, 5.41) is 9.75. The summed E-state index contributed by atoms with van der Waals surface area (Å²) in [6, 6.07) is 8.05. The normalized spacial score (nSPS) is 20.8. The van der Waals surface area contributed by atoms with E-state index in [0.29, 0.717) is 13.0 Å². The topological polar surface area (TPSA) is 68.8 Å². The molecule has 0 aliphatic carbocycles. The highest BCUT2D eigenvalue weighted by atomic mass is 16.1. The second kappa shape index (κ2) is 11.2. The molecule has 1 aromatic carbocycles. The van der Waals surface area contributed by atoms with Crippen molar-refractivity contribution in [3.63, 3.8) is 0 Å². The number of piperidine rings is 1. The van der Waals surface area contributed by atoms with Gasteiger partial charge in [-0.2, -0.15) is 0 Å². The predicted molar refractivity (Wildman–Crippen MR) is 120 cm³/mol. The molecule has 29 heavy (non-hydrogen) atoms. The fourth-order valence-electron chi connectivity index (χ4n) is 4.16. The van der Waals surface area contributed by atoms with Gasteiger partial charge in [0.05, 0.1) is 6.54 Å². The summed E-state index contributed by atoms with van der Waals surface area (Å²) in [6.45, 7) is 10.5. The lowest BCUT2D eigenvalue weighted by Crippen LogP contribution is -2.39. The van der Waals surface area contributed by atoms with Gasteiger partial charge in [-0.3, -0.25) is 9.79 Å². The van der Waals surface area contributed by atoms with Crippen LogP contribution < -0.4 is 16.0 Å². The first kappa shape index (κ1) is 21.6. The lowest BCUT2D eigenvalue weighted by Gasteiger charge is -2.30. The number of para-hydroxylation sites is 1. The highest BCUT2D eigenvalue weighted by Gasteiger charge is 2.24. The standard InChI is InChI=1S/C23H37N5O/c1-3-24-23(25-12-6-7-13-28-14-10-18(2)11-15-28)26-17-19-16-22(29)27-21-9-5-4-8-20(19)21/h4-5,8-9,18-19H,3,6-7,10-17H2,1-2H3,(H,27,29)(H2,24,25,26). The summed E-state index contributed by atoms with van der Waals surface area (Å²) < 4.78 is 0. The number of carbonyl (C=O) groups is 1. The minimum Gasteiger partial charge on any atom is -0.357 e. The van der Waals surface area contributed by atoms with Crippen LogP contribution in [0.2, 0.25) is 0 Å². The molecular weight excluding hydrogens is 362 g/mol. The Bertz CT molecular complexity index is 682. The number of likely N-dealkylation sites (tertiary alicyclic amines) is 1. The van der Waals surface area contributed by atoms with E-state index in [4.69, 9.17) is 4.99 Å². The van der Waals surface area contributed by atoms with Crippen LogP contribution >= 0.6 is 0 Å². The molecule has 0 radical (unpaired) electrons.